The fourth-order valence-electron chi connectivity index (χ4n) is 1.63. The molecule has 0 aliphatic rings. The lowest BCUT2D eigenvalue weighted by Gasteiger charge is -2.04. The predicted octanol–water partition coefficient (Wildman–Crippen LogP) is 4.34. The van der Waals surface area contributed by atoms with Crippen LogP contribution in [0.3, 0.4) is 0 Å². The molecule has 0 aliphatic heterocycles. The van der Waals surface area contributed by atoms with Crippen LogP contribution in [0.4, 0.5) is 17.6 Å². The summed E-state index contributed by atoms with van der Waals surface area (Å²) in [4.78, 5) is 3.67. The molecule has 0 saturated heterocycles. The van der Waals surface area contributed by atoms with Crippen LogP contribution in [0.25, 0.3) is 10.6 Å². The predicted molar refractivity (Wildman–Crippen MR) is 70.3 cm³/mol. The smallest absolute Gasteiger partial charge is 0.315 e. The van der Waals surface area contributed by atoms with Crippen LogP contribution in [-0.2, 0) is 12.7 Å². The van der Waals surface area contributed by atoms with Crippen LogP contribution >= 0.6 is 22.9 Å². The van der Waals surface area contributed by atoms with Crippen molar-refractivity contribution in [1.82, 2.24) is 10.3 Å². The fraction of sp³-hybridized carbons (Fsp3) is 0.250. The molecule has 0 fully saturated rings. The molecule has 0 atom stereocenters. The Bertz CT molecular complexity index is 624. The van der Waals surface area contributed by atoms with Gasteiger partial charge in [0.1, 0.15) is 10.8 Å². The van der Waals surface area contributed by atoms with Gasteiger partial charge in [-0.25, -0.2) is 9.37 Å². The van der Waals surface area contributed by atoms with Gasteiger partial charge in [0.25, 0.3) is 0 Å². The molecule has 0 bridgehead atoms. The highest BCUT2D eigenvalue weighted by molar-refractivity contribution is 7.15. The van der Waals surface area contributed by atoms with Crippen molar-refractivity contribution in [1.29, 1.82) is 0 Å². The van der Waals surface area contributed by atoms with E-state index in [1.807, 2.05) is 0 Å². The molecular formula is C12H9ClF4N2S. The summed E-state index contributed by atoms with van der Waals surface area (Å²) in [7, 11) is 1.55. The zero-order chi connectivity index (χ0) is 14.9. The number of rotatable bonds is 3. The van der Waals surface area contributed by atoms with Gasteiger partial charge < -0.3 is 5.32 Å². The highest BCUT2D eigenvalue weighted by Gasteiger charge is 2.37. The van der Waals surface area contributed by atoms with Crippen molar-refractivity contribution in [3.05, 3.63) is 39.6 Å². The van der Waals surface area contributed by atoms with Gasteiger partial charge in [0.2, 0.25) is 0 Å². The second-order valence-corrected chi connectivity index (χ2v) is 5.43. The molecule has 0 unspecified atom stereocenters. The van der Waals surface area contributed by atoms with Crippen LogP contribution < -0.4 is 5.32 Å². The molecule has 1 N–H and O–H groups in total. The van der Waals surface area contributed by atoms with Crippen molar-refractivity contribution >= 4 is 22.9 Å². The van der Waals surface area contributed by atoms with E-state index in [1.54, 1.807) is 7.05 Å². The van der Waals surface area contributed by atoms with Crippen molar-refractivity contribution in [2.75, 3.05) is 7.05 Å². The summed E-state index contributed by atoms with van der Waals surface area (Å²) in [6, 6.07) is 3.50. The number of aromatic nitrogens is 1. The highest BCUT2D eigenvalue weighted by atomic mass is 35.5. The van der Waals surface area contributed by atoms with E-state index >= 15 is 0 Å². The molecule has 108 valence electrons. The van der Waals surface area contributed by atoms with Crippen LogP contribution in [0.2, 0.25) is 5.02 Å². The third-order valence-corrected chi connectivity index (χ3v) is 3.87. The molecule has 20 heavy (non-hydrogen) atoms. The SMILES string of the molecule is CNCc1sc(-c2ccc(F)cc2Cl)nc1C(F)(F)F. The first-order valence-corrected chi connectivity index (χ1v) is 6.69. The second-order valence-electron chi connectivity index (χ2n) is 3.94. The molecule has 2 nitrogen and oxygen atoms in total. The molecule has 0 saturated carbocycles. The topological polar surface area (TPSA) is 24.9 Å². The van der Waals surface area contributed by atoms with E-state index in [-0.39, 0.29) is 27.0 Å². The Kier molecular flexibility index (Phi) is 4.31. The third kappa shape index (κ3) is 3.11. The van der Waals surface area contributed by atoms with Gasteiger partial charge >= 0.3 is 6.18 Å². The van der Waals surface area contributed by atoms with Crippen molar-refractivity contribution in [2.24, 2.45) is 0 Å². The summed E-state index contributed by atoms with van der Waals surface area (Å²) in [5.41, 5.74) is -0.654. The molecule has 2 rings (SSSR count). The largest absolute Gasteiger partial charge is 0.434 e. The van der Waals surface area contributed by atoms with Gasteiger partial charge in [-0.05, 0) is 25.2 Å². The average molecular weight is 325 g/mol. The first kappa shape index (κ1) is 15.2. The van der Waals surface area contributed by atoms with E-state index in [9.17, 15) is 17.6 Å². The Morgan fingerprint density at radius 1 is 1.35 bits per heavy atom. The summed E-state index contributed by atoms with van der Waals surface area (Å²) in [6.45, 7) is 0.0469. The number of halogens is 5. The molecular weight excluding hydrogens is 316 g/mol. The Hall–Kier alpha value is -1.18. The molecule has 1 aromatic heterocycles. The van der Waals surface area contributed by atoms with Crippen molar-refractivity contribution in [3.63, 3.8) is 0 Å². The Labute approximate surface area is 121 Å². The third-order valence-electron chi connectivity index (χ3n) is 2.46. The van der Waals surface area contributed by atoms with Gasteiger partial charge in [-0.15, -0.1) is 11.3 Å². The number of nitrogens with zero attached hydrogens (tertiary/aromatic N) is 1. The number of alkyl halides is 3. The molecule has 8 heteroatoms. The van der Waals surface area contributed by atoms with E-state index in [0.717, 1.165) is 23.5 Å². The lowest BCUT2D eigenvalue weighted by molar-refractivity contribution is -0.141. The summed E-state index contributed by atoms with van der Waals surface area (Å²) < 4.78 is 51.6. The lowest BCUT2D eigenvalue weighted by atomic mass is 10.2. The van der Waals surface area contributed by atoms with E-state index in [1.165, 1.54) is 6.07 Å². The van der Waals surface area contributed by atoms with Crippen LogP contribution in [-0.4, -0.2) is 12.0 Å². The minimum Gasteiger partial charge on any atom is -0.315 e. The van der Waals surface area contributed by atoms with Crippen LogP contribution in [0.1, 0.15) is 10.6 Å². The monoisotopic (exact) mass is 324 g/mol. The van der Waals surface area contributed by atoms with Gasteiger partial charge in [-0.1, -0.05) is 11.6 Å². The minimum atomic E-state index is -4.53. The summed E-state index contributed by atoms with van der Waals surface area (Å²) in [6.07, 6.45) is -4.53. The molecule has 1 heterocycles. The van der Waals surface area contributed by atoms with E-state index in [0.29, 0.717) is 0 Å². The second kappa shape index (κ2) is 5.67. The van der Waals surface area contributed by atoms with E-state index in [2.05, 4.69) is 10.3 Å². The highest BCUT2D eigenvalue weighted by Crippen LogP contribution is 2.39. The van der Waals surface area contributed by atoms with E-state index in [4.69, 9.17) is 11.6 Å². The maximum absolute atomic E-state index is 13.0. The first-order valence-electron chi connectivity index (χ1n) is 5.50. The van der Waals surface area contributed by atoms with Gasteiger partial charge in [0.15, 0.2) is 5.69 Å². The first-order chi connectivity index (χ1) is 9.32. The maximum atomic E-state index is 13.0. The van der Waals surface area contributed by atoms with Crippen molar-refractivity contribution in [2.45, 2.75) is 12.7 Å². The Balaban J connectivity index is 2.53. The standard InChI is InChI=1S/C12H9ClF4N2S/c1-18-5-9-10(12(15,16)17)19-11(20-9)7-3-2-6(14)4-8(7)13/h2-4,18H,5H2,1H3. The van der Waals surface area contributed by atoms with Crippen LogP contribution in [0, 0.1) is 5.82 Å². The summed E-state index contributed by atoms with van der Waals surface area (Å²) in [5.74, 6) is -0.554. The normalized spacial score (nSPS) is 11.9. The van der Waals surface area contributed by atoms with Crippen molar-refractivity contribution in [3.8, 4) is 10.6 Å². The van der Waals surface area contributed by atoms with Crippen molar-refractivity contribution < 1.29 is 17.6 Å². The molecule has 0 spiro atoms. The average Bonchev–Trinajstić information content (AvgIpc) is 2.73. The van der Waals surface area contributed by atoms with Crippen LogP contribution in [0.15, 0.2) is 18.2 Å². The zero-order valence-electron chi connectivity index (χ0n) is 10.2. The molecule has 1 aromatic carbocycles. The molecule has 0 radical (unpaired) electrons. The zero-order valence-corrected chi connectivity index (χ0v) is 11.8. The molecule has 2 aromatic rings. The van der Waals surface area contributed by atoms with Gasteiger partial charge in [0, 0.05) is 12.1 Å². The minimum absolute atomic E-state index is 0.0310. The van der Waals surface area contributed by atoms with E-state index < -0.39 is 17.7 Å². The van der Waals surface area contributed by atoms with Gasteiger partial charge in [-0.2, -0.15) is 13.2 Å². The van der Waals surface area contributed by atoms with Gasteiger partial charge in [-0.3, -0.25) is 0 Å². The summed E-state index contributed by atoms with van der Waals surface area (Å²) >= 11 is 6.73. The molecule has 0 aliphatic carbocycles. The van der Waals surface area contributed by atoms with Crippen LogP contribution in [0.5, 0.6) is 0 Å². The fourth-order valence-corrected chi connectivity index (χ4v) is 3.08. The molecule has 0 amide bonds. The number of hydrogen-bond donors (Lipinski definition) is 1. The maximum Gasteiger partial charge on any atom is 0.434 e. The van der Waals surface area contributed by atoms with Gasteiger partial charge in [0.05, 0.1) is 9.90 Å². The number of hydrogen-bond acceptors (Lipinski definition) is 3. The number of benzene rings is 1. The lowest BCUT2D eigenvalue weighted by Crippen LogP contribution is -2.12. The quantitative estimate of drug-likeness (QED) is 0.849. The number of nitrogens with one attached hydrogen (secondary N) is 1. The summed E-state index contributed by atoms with van der Waals surface area (Å²) in [5, 5.41) is 2.81. The Morgan fingerprint density at radius 3 is 2.60 bits per heavy atom. The Morgan fingerprint density at radius 2 is 2.05 bits per heavy atom. The number of thiazole rings is 1.